The van der Waals surface area contributed by atoms with E-state index in [1.807, 2.05) is 0 Å². The van der Waals surface area contributed by atoms with Gasteiger partial charge in [-0.15, -0.1) is 0 Å². The van der Waals surface area contributed by atoms with E-state index in [0.717, 1.165) is 11.8 Å². The molecule has 0 saturated carbocycles. The number of methoxy groups -OCH3 is 1. The summed E-state index contributed by atoms with van der Waals surface area (Å²) in [7, 11) is 1.29. The molecule has 1 N–H and O–H groups in total. The predicted molar refractivity (Wildman–Crippen MR) is 113 cm³/mol. The van der Waals surface area contributed by atoms with Gasteiger partial charge in [0, 0.05) is 12.6 Å². The number of phenols is 1. The zero-order valence-electron chi connectivity index (χ0n) is 16.1. The van der Waals surface area contributed by atoms with Crippen LogP contribution in [0.1, 0.15) is 22.8 Å². The van der Waals surface area contributed by atoms with Crippen molar-refractivity contribution in [3.05, 3.63) is 68.6 Å². The van der Waals surface area contributed by atoms with Gasteiger partial charge >= 0.3 is 11.7 Å². The molecule has 0 atom stereocenters. The number of hydrogen-bond donors (Lipinski definition) is 1. The maximum absolute atomic E-state index is 12.7. The number of amides is 1. The molecule has 0 radical (unpaired) electrons. The SMILES string of the molecule is CCN1C(=O)C(=Cc2ccc(O)c([N+](=O)[O-])c2)SC1=Nc1cccc(C(=O)OC)c1. The van der Waals surface area contributed by atoms with E-state index < -0.39 is 22.3 Å². The molecule has 1 fully saturated rings. The van der Waals surface area contributed by atoms with Crippen LogP contribution in [-0.4, -0.2) is 45.6 Å². The molecule has 0 aliphatic carbocycles. The molecular weight excluding hydrogens is 410 g/mol. The molecule has 0 unspecified atom stereocenters. The van der Waals surface area contributed by atoms with Gasteiger partial charge in [-0.3, -0.25) is 19.8 Å². The van der Waals surface area contributed by atoms with Crippen LogP contribution in [0.4, 0.5) is 11.4 Å². The third-order valence-corrected chi connectivity index (χ3v) is 5.20. The lowest BCUT2D eigenvalue weighted by Crippen LogP contribution is -2.28. The highest BCUT2D eigenvalue weighted by Gasteiger charge is 2.32. The maximum atomic E-state index is 12.7. The molecule has 10 heteroatoms. The number of aliphatic imine (C=N–C) groups is 1. The molecule has 1 aliphatic heterocycles. The van der Waals surface area contributed by atoms with Crippen LogP contribution in [0.2, 0.25) is 0 Å². The molecular formula is C20H17N3O6S. The minimum atomic E-state index is -0.694. The smallest absolute Gasteiger partial charge is 0.337 e. The van der Waals surface area contributed by atoms with Gasteiger partial charge in [-0.25, -0.2) is 9.79 Å². The van der Waals surface area contributed by atoms with Gasteiger partial charge < -0.3 is 9.84 Å². The minimum absolute atomic E-state index is 0.291. The number of esters is 1. The molecule has 2 aromatic rings. The Morgan fingerprint density at radius 3 is 2.77 bits per heavy atom. The van der Waals surface area contributed by atoms with E-state index in [0.29, 0.717) is 33.4 Å². The first-order valence-electron chi connectivity index (χ1n) is 8.80. The number of nitro groups is 1. The quantitative estimate of drug-likeness (QED) is 0.334. The van der Waals surface area contributed by atoms with E-state index in [2.05, 4.69) is 4.99 Å². The van der Waals surface area contributed by atoms with Crippen LogP contribution < -0.4 is 0 Å². The lowest BCUT2D eigenvalue weighted by atomic mass is 10.1. The van der Waals surface area contributed by atoms with Crippen molar-refractivity contribution in [3.63, 3.8) is 0 Å². The lowest BCUT2D eigenvalue weighted by Gasteiger charge is -2.12. The van der Waals surface area contributed by atoms with Gasteiger partial charge in [-0.05, 0) is 54.6 Å². The number of carbonyl (C=O) groups excluding carboxylic acids is 2. The number of carbonyl (C=O) groups is 2. The minimum Gasteiger partial charge on any atom is -0.502 e. The average Bonchev–Trinajstić information content (AvgIpc) is 3.02. The Balaban J connectivity index is 1.95. The highest BCUT2D eigenvalue weighted by Crippen LogP contribution is 2.35. The molecule has 154 valence electrons. The largest absolute Gasteiger partial charge is 0.502 e. The van der Waals surface area contributed by atoms with Crippen LogP contribution in [0.3, 0.4) is 0 Å². The van der Waals surface area contributed by atoms with Crippen LogP contribution >= 0.6 is 11.8 Å². The van der Waals surface area contributed by atoms with Crippen molar-refractivity contribution < 1.29 is 24.4 Å². The Kier molecular flexibility index (Phi) is 6.17. The van der Waals surface area contributed by atoms with Gasteiger partial charge in [0.25, 0.3) is 5.91 Å². The highest BCUT2D eigenvalue weighted by molar-refractivity contribution is 8.18. The van der Waals surface area contributed by atoms with Gasteiger partial charge in [0.15, 0.2) is 10.9 Å². The van der Waals surface area contributed by atoms with Gasteiger partial charge in [-0.2, -0.15) is 0 Å². The Morgan fingerprint density at radius 2 is 2.10 bits per heavy atom. The van der Waals surface area contributed by atoms with Crippen LogP contribution in [0.15, 0.2) is 52.4 Å². The highest BCUT2D eigenvalue weighted by atomic mass is 32.2. The number of ether oxygens (including phenoxy) is 1. The lowest BCUT2D eigenvalue weighted by molar-refractivity contribution is -0.385. The van der Waals surface area contributed by atoms with Crippen molar-refractivity contribution in [2.24, 2.45) is 4.99 Å². The van der Waals surface area contributed by atoms with Crippen molar-refractivity contribution in [1.29, 1.82) is 0 Å². The van der Waals surface area contributed by atoms with E-state index in [9.17, 15) is 24.8 Å². The second-order valence-electron chi connectivity index (χ2n) is 6.10. The van der Waals surface area contributed by atoms with Crippen molar-refractivity contribution in [2.75, 3.05) is 13.7 Å². The first-order valence-corrected chi connectivity index (χ1v) is 9.61. The van der Waals surface area contributed by atoms with Crippen LogP contribution in [0.5, 0.6) is 5.75 Å². The van der Waals surface area contributed by atoms with Gasteiger partial charge in [-0.1, -0.05) is 12.1 Å². The summed E-state index contributed by atoms with van der Waals surface area (Å²) in [6, 6.07) is 10.4. The fraction of sp³-hybridized carbons (Fsp3) is 0.150. The van der Waals surface area contributed by atoms with E-state index in [-0.39, 0.29) is 5.91 Å². The van der Waals surface area contributed by atoms with Crippen molar-refractivity contribution in [2.45, 2.75) is 6.92 Å². The van der Waals surface area contributed by atoms with E-state index in [4.69, 9.17) is 4.74 Å². The second kappa shape index (κ2) is 8.78. The standard InChI is InChI=1S/C20H17N3O6S/c1-3-22-18(25)17(10-12-7-8-16(24)15(9-12)23(27)28)30-20(22)21-14-6-4-5-13(11-14)19(26)29-2/h4-11,24H,3H2,1-2H3. The number of amidine groups is 1. The number of likely N-dealkylation sites (N-methyl/N-ethyl adjacent to an activating group) is 1. The fourth-order valence-corrected chi connectivity index (χ4v) is 3.79. The molecule has 0 bridgehead atoms. The molecule has 3 rings (SSSR count). The first-order chi connectivity index (χ1) is 14.3. The topological polar surface area (TPSA) is 122 Å². The summed E-state index contributed by atoms with van der Waals surface area (Å²) in [5.41, 5.74) is 0.776. The molecule has 1 heterocycles. The molecule has 1 aliphatic rings. The molecule has 1 saturated heterocycles. The summed E-state index contributed by atoms with van der Waals surface area (Å²) >= 11 is 1.12. The molecule has 30 heavy (non-hydrogen) atoms. The number of rotatable bonds is 5. The predicted octanol–water partition coefficient (Wildman–Crippen LogP) is 3.71. The zero-order chi connectivity index (χ0) is 21.8. The summed E-state index contributed by atoms with van der Waals surface area (Å²) in [6.07, 6.45) is 1.51. The Labute approximate surface area is 175 Å². The third-order valence-electron chi connectivity index (χ3n) is 4.19. The maximum Gasteiger partial charge on any atom is 0.337 e. The molecule has 9 nitrogen and oxygen atoms in total. The Hall–Kier alpha value is -3.66. The number of aromatic hydroxyl groups is 1. The summed E-state index contributed by atoms with van der Waals surface area (Å²) in [5.74, 6) is -1.23. The van der Waals surface area contributed by atoms with Gasteiger partial charge in [0.05, 0.1) is 28.2 Å². The number of nitro benzene ring substituents is 1. The van der Waals surface area contributed by atoms with Crippen molar-refractivity contribution in [3.8, 4) is 5.75 Å². The molecule has 1 amide bonds. The first kappa shape index (κ1) is 21.1. The van der Waals surface area contributed by atoms with Gasteiger partial charge in [0.2, 0.25) is 0 Å². The summed E-state index contributed by atoms with van der Waals surface area (Å²) in [4.78, 5) is 41.1. The van der Waals surface area contributed by atoms with E-state index in [1.54, 1.807) is 31.2 Å². The third kappa shape index (κ3) is 4.33. The second-order valence-corrected chi connectivity index (χ2v) is 7.11. The Bertz CT molecular complexity index is 1100. The number of phenolic OH excluding ortho intramolecular Hbond substituents is 1. The van der Waals surface area contributed by atoms with Crippen molar-refractivity contribution in [1.82, 2.24) is 4.90 Å². The van der Waals surface area contributed by atoms with Gasteiger partial charge in [0.1, 0.15) is 0 Å². The summed E-state index contributed by atoms with van der Waals surface area (Å²) in [6.45, 7) is 2.17. The summed E-state index contributed by atoms with van der Waals surface area (Å²) in [5, 5.41) is 21.0. The Morgan fingerprint density at radius 1 is 1.33 bits per heavy atom. The van der Waals surface area contributed by atoms with Crippen LogP contribution in [0.25, 0.3) is 6.08 Å². The normalized spacial score (nSPS) is 16.3. The average molecular weight is 427 g/mol. The molecule has 0 aromatic heterocycles. The van der Waals surface area contributed by atoms with Crippen LogP contribution in [0, 0.1) is 10.1 Å². The molecule has 2 aromatic carbocycles. The number of nitrogens with zero attached hydrogens (tertiary/aromatic N) is 3. The van der Waals surface area contributed by atoms with Crippen molar-refractivity contribution >= 4 is 46.3 Å². The number of benzene rings is 2. The van der Waals surface area contributed by atoms with E-state index in [1.165, 1.54) is 36.3 Å². The number of hydrogen-bond acceptors (Lipinski definition) is 8. The zero-order valence-corrected chi connectivity index (χ0v) is 16.9. The van der Waals surface area contributed by atoms with Crippen LogP contribution in [-0.2, 0) is 9.53 Å². The monoisotopic (exact) mass is 427 g/mol. The van der Waals surface area contributed by atoms with E-state index >= 15 is 0 Å². The fourth-order valence-electron chi connectivity index (χ4n) is 2.73. The summed E-state index contributed by atoms with van der Waals surface area (Å²) < 4.78 is 4.71. The number of thioether (sulfide) groups is 1. The molecule has 0 spiro atoms.